The average molecular weight is 277 g/mol. The Morgan fingerprint density at radius 2 is 1.95 bits per heavy atom. The minimum absolute atomic E-state index is 0.364. The van der Waals surface area contributed by atoms with Gasteiger partial charge >= 0.3 is 0 Å². The molecule has 2 rings (SSSR count). The second-order valence-corrected chi connectivity index (χ2v) is 6.45. The molecule has 0 bridgehead atoms. The van der Waals surface area contributed by atoms with Crippen LogP contribution in [0.5, 0.6) is 5.75 Å². The lowest BCUT2D eigenvalue weighted by Crippen LogP contribution is -2.49. The van der Waals surface area contributed by atoms with Crippen LogP contribution in [0.3, 0.4) is 0 Å². The third-order valence-corrected chi connectivity index (χ3v) is 4.29. The van der Waals surface area contributed by atoms with Crippen molar-refractivity contribution in [3.8, 4) is 5.75 Å². The van der Waals surface area contributed by atoms with E-state index in [9.17, 15) is 0 Å². The zero-order valence-electron chi connectivity index (χ0n) is 13.2. The zero-order valence-corrected chi connectivity index (χ0v) is 13.2. The van der Waals surface area contributed by atoms with Crippen molar-refractivity contribution in [3.05, 3.63) is 29.8 Å². The Labute approximate surface area is 122 Å². The maximum atomic E-state index is 5.33. The van der Waals surface area contributed by atoms with Crippen LogP contribution in [0.15, 0.2) is 24.3 Å². The fraction of sp³-hybridized carbons (Fsp3) is 0.647. The molecule has 0 aliphatic carbocycles. The number of ether oxygens (including phenoxy) is 2. The molecule has 0 radical (unpaired) electrons. The predicted octanol–water partition coefficient (Wildman–Crippen LogP) is 2.98. The molecule has 1 fully saturated rings. The van der Waals surface area contributed by atoms with Gasteiger partial charge in [0.25, 0.3) is 0 Å². The van der Waals surface area contributed by atoms with Crippen LogP contribution in [0.25, 0.3) is 0 Å². The van der Waals surface area contributed by atoms with Crippen molar-refractivity contribution in [3.63, 3.8) is 0 Å². The zero-order chi connectivity index (χ0) is 14.6. The highest BCUT2D eigenvalue weighted by molar-refractivity contribution is 5.27. The van der Waals surface area contributed by atoms with E-state index >= 15 is 0 Å². The first-order valence-electron chi connectivity index (χ1n) is 7.43. The Kier molecular flexibility index (Phi) is 5.06. The van der Waals surface area contributed by atoms with Gasteiger partial charge in [0.15, 0.2) is 0 Å². The van der Waals surface area contributed by atoms with Crippen LogP contribution in [-0.2, 0) is 11.2 Å². The number of methoxy groups -OCH3 is 1. The SMILES string of the molecule is COc1ccc(CC[C@H](C)N(C)CC2(C)COC2)cc1. The molecule has 112 valence electrons. The van der Waals surface area contributed by atoms with E-state index in [1.807, 2.05) is 12.1 Å². The first-order valence-corrected chi connectivity index (χ1v) is 7.43. The molecule has 1 aromatic rings. The fourth-order valence-corrected chi connectivity index (χ4v) is 2.69. The summed E-state index contributed by atoms with van der Waals surface area (Å²) in [4.78, 5) is 2.46. The summed E-state index contributed by atoms with van der Waals surface area (Å²) < 4.78 is 10.5. The van der Waals surface area contributed by atoms with E-state index in [1.165, 1.54) is 12.0 Å². The van der Waals surface area contributed by atoms with Crippen LogP contribution in [-0.4, -0.2) is 44.9 Å². The standard InChI is InChI=1S/C17H27NO2/c1-14(18(3)11-17(2)12-20-13-17)5-6-15-7-9-16(19-4)10-8-15/h7-10,14H,5-6,11-13H2,1-4H3/t14-/m0/s1. The molecule has 1 atom stereocenters. The molecule has 3 heteroatoms. The van der Waals surface area contributed by atoms with Gasteiger partial charge in [-0.15, -0.1) is 0 Å². The predicted molar refractivity (Wildman–Crippen MR) is 82.3 cm³/mol. The number of benzene rings is 1. The van der Waals surface area contributed by atoms with Gasteiger partial charge in [-0.05, 0) is 44.5 Å². The van der Waals surface area contributed by atoms with Crippen molar-refractivity contribution >= 4 is 0 Å². The van der Waals surface area contributed by atoms with Crippen molar-refractivity contribution < 1.29 is 9.47 Å². The molecule has 20 heavy (non-hydrogen) atoms. The maximum Gasteiger partial charge on any atom is 0.118 e. The Morgan fingerprint density at radius 3 is 2.45 bits per heavy atom. The molecular weight excluding hydrogens is 250 g/mol. The molecule has 0 spiro atoms. The van der Waals surface area contributed by atoms with E-state index in [4.69, 9.17) is 9.47 Å². The third-order valence-electron chi connectivity index (χ3n) is 4.29. The van der Waals surface area contributed by atoms with Gasteiger partial charge in [0.05, 0.1) is 20.3 Å². The van der Waals surface area contributed by atoms with Crippen LogP contribution in [0.1, 0.15) is 25.8 Å². The quantitative estimate of drug-likeness (QED) is 0.765. The summed E-state index contributed by atoms with van der Waals surface area (Å²) in [6.07, 6.45) is 2.29. The second kappa shape index (κ2) is 6.59. The molecule has 0 aromatic heterocycles. The summed E-state index contributed by atoms with van der Waals surface area (Å²) in [5.74, 6) is 0.928. The Balaban J connectivity index is 1.77. The summed E-state index contributed by atoms with van der Waals surface area (Å²) >= 11 is 0. The van der Waals surface area contributed by atoms with Crippen LogP contribution in [0.4, 0.5) is 0 Å². The van der Waals surface area contributed by atoms with E-state index in [1.54, 1.807) is 7.11 Å². The Hall–Kier alpha value is -1.06. The number of hydrogen-bond acceptors (Lipinski definition) is 3. The summed E-state index contributed by atoms with van der Waals surface area (Å²) in [6.45, 7) is 7.55. The number of aryl methyl sites for hydroxylation is 1. The van der Waals surface area contributed by atoms with Crippen LogP contribution in [0.2, 0.25) is 0 Å². The average Bonchev–Trinajstić information content (AvgIpc) is 2.43. The van der Waals surface area contributed by atoms with Crippen molar-refractivity contribution in [1.82, 2.24) is 4.90 Å². The molecule has 0 N–H and O–H groups in total. The van der Waals surface area contributed by atoms with Gasteiger partial charge < -0.3 is 14.4 Å². The summed E-state index contributed by atoms with van der Waals surface area (Å²) in [6, 6.07) is 8.99. The third kappa shape index (κ3) is 3.97. The van der Waals surface area contributed by atoms with Crippen molar-refractivity contribution in [2.24, 2.45) is 5.41 Å². The molecule has 3 nitrogen and oxygen atoms in total. The van der Waals surface area contributed by atoms with Gasteiger partial charge in [-0.2, -0.15) is 0 Å². The summed E-state index contributed by atoms with van der Waals surface area (Å²) in [5, 5.41) is 0. The highest BCUT2D eigenvalue weighted by Gasteiger charge is 2.35. The molecular formula is C17H27NO2. The fourth-order valence-electron chi connectivity index (χ4n) is 2.69. The van der Waals surface area contributed by atoms with Gasteiger partial charge in [-0.3, -0.25) is 0 Å². The van der Waals surface area contributed by atoms with E-state index < -0.39 is 0 Å². The lowest BCUT2D eigenvalue weighted by molar-refractivity contribution is -0.115. The topological polar surface area (TPSA) is 21.7 Å². The van der Waals surface area contributed by atoms with Gasteiger partial charge in [0, 0.05) is 18.0 Å². The smallest absolute Gasteiger partial charge is 0.118 e. The first kappa shape index (κ1) is 15.3. The molecule has 1 aliphatic heterocycles. The van der Waals surface area contributed by atoms with E-state index in [-0.39, 0.29) is 0 Å². The van der Waals surface area contributed by atoms with Crippen LogP contribution < -0.4 is 4.74 Å². The normalized spacial score (nSPS) is 18.6. The molecule has 0 saturated carbocycles. The minimum Gasteiger partial charge on any atom is -0.497 e. The molecule has 1 aromatic carbocycles. The second-order valence-electron chi connectivity index (χ2n) is 6.45. The van der Waals surface area contributed by atoms with Crippen molar-refractivity contribution in [1.29, 1.82) is 0 Å². The molecule has 0 amide bonds. The van der Waals surface area contributed by atoms with Gasteiger partial charge in [0.1, 0.15) is 5.75 Å². The van der Waals surface area contributed by atoms with Gasteiger partial charge in [-0.1, -0.05) is 19.1 Å². The summed E-state index contributed by atoms with van der Waals surface area (Å²) in [7, 11) is 3.93. The molecule has 1 heterocycles. The lowest BCUT2D eigenvalue weighted by atomic mass is 9.87. The van der Waals surface area contributed by atoms with Crippen LogP contribution in [0, 0.1) is 5.41 Å². The maximum absolute atomic E-state index is 5.33. The van der Waals surface area contributed by atoms with Crippen molar-refractivity contribution in [2.45, 2.75) is 32.7 Å². The number of rotatable bonds is 7. The highest BCUT2D eigenvalue weighted by atomic mass is 16.5. The Morgan fingerprint density at radius 1 is 1.30 bits per heavy atom. The van der Waals surface area contributed by atoms with Gasteiger partial charge in [0.2, 0.25) is 0 Å². The monoisotopic (exact) mass is 277 g/mol. The van der Waals surface area contributed by atoms with E-state index in [0.717, 1.165) is 31.9 Å². The minimum atomic E-state index is 0.364. The first-order chi connectivity index (χ1) is 9.52. The number of nitrogens with zero attached hydrogens (tertiary/aromatic N) is 1. The van der Waals surface area contributed by atoms with E-state index in [2.05, 4.69) is 37.9 Å². The largest absolute Gasteiger partial charge is 0.497 e. The highest BCUT2D eigenvalue weighted by Crippen LogP contribution is 2.28. The van der Waals surface area contributed by atoms with Crippen molar-refractivity contribution in [2.75, 3.05) is 33.9 Å². The summed E-state index contributed by atoms with van der Waals surface area (Å²) in [5.41, 5.74) is 1.74. The Bertz CT molecular complexity index is 412. The molecule has 0 unspecified atom stereocenters. The van der Waals surface area contributed by atoms with E-state index in [0.29, 0.717) is 11.5 Å². The van der Waals surface area contributed by atoms with Crippen LogP contribution >= 0.6 is 0 Å². The molecule has 1 aliphatic rings. The van der Waals surface area contributed by atoms with Gasteiger partial charge in [-0.25, -0.2) is 0 Å². The molecule has 1 saturated heterocycles. The lowest BCUT2D eigenvalue weighted by Gasteiger charge is -2.42. The number of hydrogen-bond donors (Lipinski definition) is 0.